The first-order valence-corrected chi connectivity index (χ1v) is 8.38. The van der Waals surface area contributed by atoms with Gasteiger partial charge in [0.1, 0.15) is 0 Å². The highest BCUT2D eigenvalue weighted by Crippen LogP contribution is 2.36. The molecular weight excluding hydrogens is 218 g/mol. The van der Waals surface area contributed by atoms with Gasteiger partial charge in [-0.25, -0.2) is 0 Å². The standard InChI is InChI=1S/C17H33N/c1-4-14-8-7-9-15(12-11-14)18-16-10-5-6-13-17(16,2)3/h14-16,18H,4-13H2,1-3H3. The SMILES string of the molecule is CCC1CCCC(NC2CCCCC2(C)C)CC1. The molecule has 0 saturated heterocycles. The van der Waals surface area contributed by atoms with Crippen LogP contribution in [-0.4, -0.2) is 12.1 Å². The maximum Gasteiger partial charge on any atom is 0.0121 e. The molecule has 0 aliphatic heterocycles. The molecule has 0 heterocycles. The fourth-order valence-corrected chi connectivity index (χ4v) is 4.04. The van der Waals surface area contributed by atoms with Crippen LogP contribution in [0, 0.1) is 11.3 Å². The predicted octanol–water partition coefficient (Wildman–Crippen LogP) is 4.90. The summed E-state index contributed by atoms with van der Waals surface area (Å²) in [7, 11) is 0. The number of rotatable bonds is 3. The van der Waals surface area contributed by atoms with Gasteiger partial charge in [-0.15, -0.1) is 0 Å². The lowest BCUT2D eigenvalue weighted by molar-refractivity contribution is 0.151. The maximum atomic E-state index is 4.03. The van der Waals surface area contributed by atoms with Crippen LogP contribution in [-0.2, 0) is 0 Å². The van der Waals surface area contributed by atoms with Crippen LogP contribution >= 0.6 is 0 Å². The molecule has 1 N–H and O–H groups in total. The van der Waals surface area contributed by atoms with Crippen molar-refractivity contribution in [2.24, 2.45) is 11.3 Å². The van der Waals surface area contributed by atoms with Crippen LogP contribution < -0.4 is 5.32 Å². The van der Waals surface area contributed by atoms with Gasteiger partial charge in [-0.2, -0.15) is 0 Å². The van der Waals surface area contributed by atoms with E-state index in [0.717, 1.165) is 18.0 Å². The van der Waals surface area contributed by atoms with Crippen molar-refractivity contribution in [3.8, 4) is 0 Å². The van der Waals surface area contributed by atoms with Gasteiger partial charge >= 0.3 is 0 Å². The molecule has 0 aromatic rings. The zero-order valence-electron chi connectivity index (χ0n) is 12.8. The largest absolute Gasteiger partial charge is 0.311 e. The van der Waals surface area contributed by atoms with E-state index in [2.05, 4.69) is 26.1 Å². The van der Waals surface area contributed by atoms with E-state index in [4.69, 9.17) is 0 Å². The second-order valence-electron chi connectivity index (χ2n) is 7.43. The van der Waals surface area contributed by atoms with E-state index in [1.807, 2.05) is 0 Å². The van der Waals surface area contributed by atoms with Gasteiger partial charge in [0.05, 0.1) is 0 Å². The van der Waals surface area contributed by atoms with Crippen LogP contribution in [0.15, 0.2) is 0 Å². The Bertz CT molecular complexity index is 246. The summed E-state index contributed by atoms with van der Waals surface area (Å²) in [4.78, 5) is 0. The molecule has 2 rings (SSSR count). The van der Waals surface area contributed by atoms with E-state index in [0.29, 0.717) is 5.41 Å². The molecule has 0 radical (unpaired) electrons. The van der Waals surface area contributed by atoms with Crippen LogP contribution in [0.3, 0.4) is 0 Å². The van der Waals surface area contributed by atoms with Crippen molar-refractivity contribution in [2.75, 3.05) is 0 Å². The van der Waals surface area contributed by atoms with Gasteiger partial charge in [0.25, 0.3) is 0 Å². The summed E-state index contributed by atoms with van der Waals surface area (Å²) in [5.74, 6) is 1.01. The Morgan fingerprint density at radius 3 is 2.50 bits per heavy atom. The van der Waals surface area contributed by atoms with Gasteiger partial charge in [-0.05, 0) is 43.4 Å². The van der Waals surface area contributed by atoms with Gasteiger partial charge < -0.3 is 5.32 Å². The first-order valence-electron chi connectivity index (χ1n) is 8.38. The zero-order chi connectivity index (χ0) is 13.0. The third-order valence-corrected chi connectivity index (χ3v) is 5.61. The Balaban J connectivity index is 1.84. The highest BCUT2D eigenvalue weighted by molar-refractivity contribution is 4.90. The third kappa shape index (κ3) is 3.73. The lowest BCUT2D eigenvalue weighted by Gasteiger charge is -2.41. The number of hydrogen-bond acceptors (Lipinski definition) is 1. The highest BCUT2D eigenvalue weighted by atomic mass is 15.0. The van der Waals surface area contributed by atoms with E-state index in [1.165, 1.54) is 64.2 Å². The monoisotopic (exact) mass is 251 g/mol. The molecule has 1 heteroatoms. The van der Waals surface area contributed by atoms with Crippen molar-refractivity contribution >= 4 is 0 Å². The molecule has 3 unspecified atom stereocenters. The molecule has 106 valence electrons. The molecule has 0 aromatic carbocycles. The molecule has 2 saturated carbocycles. The van der Waals surface area contributed by atoms with Crippen molar-refractivity contribution in [3.63, 3.8) is 0 Å². The lowest BCUT2D eigenvalue weighted by Crippen LogP contribution is -2.48. The van der Waals surface area contributed by atoms with E-state index in [-0.39, 0.29) is 0 Å². The molecular formula is C17H33N. The molecule has 0 bridgehead atoms. The molecule has 2 fully saturated rings. The second kappa shape index (κ2) is 6.41. The Kier molecular flexibility index (Phi) is 5.12. The molecule has 18 heavy (non-hydrogen) atoms. The van der Waals surface area contributed by atoms with E-state index < -0.39 is 0 Å². The molecule has 1 nitrogen and oxygen atoms in total. The van der Waals surface area contributed by atoms with E-state index in [1.54, 1.807) is 0 Å². The Morgan fingerprint density at radius 1 is 0.944 bits per heavy atom. The van der Waals surface area contributed by atoms with Gasteiger partial charge in [0, 0.05) is 12.1 Å². The van der Waals surface area contributed by atoms with Crippen molar-refractivity contribution in [1.82, 2.24) is 5.32 Å². The predicted molar refractivity (Wildman–Crippen MR) is 79.8 cm³/mol. The maximum absolute atomic E-state index is 4.03. The summed E-state index contributed by atoms with van der Waals surface area (Å²) >= 11 is 0. The third-order valence-electron chi connectivity index (χ3n) is 5.61. The van der Waals surface area contributed by atoms with Crippen molar-refractivity contribution < 1.29 is 0 Å². The first kappa shape index (κ1) is 14.4. The summed E-state index contributed by atoms with van der Waals surface area (Å²) in [5, 5.41) is 4.03. The molecule has 0 spiro atoms. The molecule has 0 aromatic heterocycles. The fourth-order valence-electron chi connectivity index (χ4n) is 4.04. The van der Waals surface area contributed by atoms with Gasteiger partial charge in [-0.1, -0.05) is 52.9 Å². The first-order chi connectivity index (χ1) is 8.62. The quantitative estimate of drug-likeness (QED) is 0.703. The lowest BCUT2D eigenvalue weighted by atomic mass is 9.73. The Hall–Kier alpha value is -0.0400. The minimum absolute atomic E-state index is 0.523. The van der Waals surface area contributed by atoms with Crippen molar-refractivity contribution in [3.05, 3.63) is 0 Å². The van der Waals surface area contributed by atoms with E-state index in [9.17, 15) is 0 Å². The van der Waals surface area contributed by atoms with Gasteiger partial charge in [0.15, 0.2) is 0 Å². The molecule has 0 amide bonds. The molecule has 2 aliphatic rings. The second-order valence-corrected chi connectivity index (χ2v) is 7.43. The van der Waals surface area contributed by atoms with Crippen molar-refractivity contribution in [1.29, 1.82) is 0 Å². The zero-order valence-corrected chi connectivity index (χ0v) is 12.8. The minimum Gasteiger partial charge on any atom is -0.311 e. The van der Waals surface area contributed by atoms with Gasteiger partial charge in [-0.3, -0.25) is 0 Å². The average Bonchev–Trinajstić information content (AvgIpc) is 2.57. The van der Waals surface area contributed by atoms with Crippen LogP contribution in [0.2, 0.25) is 0 Å². The summed E-state index contributed by atoms with van der Waals surface area (Å²) in [6.07, 6.45) is 14.3. The number of nitrogens with one attached hydrogen (secondary N) is 1. The van der Waals surface area contributed by atoms with Crippen LogP contribution in [0.5, 0.6) is 0 Å². The van der Waals surface area contributed by atoms with Crippen LogP contribution in [0.4, 0.5) is 0 Å². The topological polar surface area (TPSA) is 12.0 Å². The highest BCUT2D eigenvalue weighted by Gasteiger charge is 2.33. The van der Waals surface area contributed by atoms with Crippen LogP contribution in [0.25, 0.3) is 0 Å². The van der Waals surface area contributed by atoms with Gasteiger partial charge in [0.2, 0.25) is 0 Å². The summed E-state index contributed by atoms with van der Waals surface area (Å²) in [6.45, 7) is 7.30. The Labute approximate surface area is 114 Å². The summed E-state index contributed by atoms with van der Waals surface area (Å²) in [6, 6.07) is 1.58. The summed E-state index contributed by atoms with van der Waals surface area (Å²) < 4.78 is 0. The van der Waals surface area contributed by atoms with E-state index >= 15 is 0 Å². The van der Waals surface area contributed by atoms with Crippen LogP contribution in [0.1, 0.15) is 85.0 Å². The minimum atomic E-state index is 0.523. The normalized spacial score (nSPS) is 37.2. The molecule has 2 aliphatic carbocycles. The fraction of sp³-hybridized carbons (Fsp3) is 1.00. The summed E-state index contributed by atoms with van der Waals surface area (Å²) in [5.41, 5.74) is 0.523. The molecule has 3 atom stereocenters. The van der Waals surface area contributed by atoms with Crippen molar-refractivity contribution in [2.45, 2.75) is 97.1 Å². The average molecular weight is 251 g/mol. The number of hydrogen-bond donors (Lipinski definition) is 1. The smallest absolute Gasteiger partial charge is 0.0121 e. The Morgan fingerprint density at radius 2 is 1.78 bits per heavy atom.